The van der Waals surface area contributed by atoms with Gasteiger partial charge in [0.05, 0.1) is 5.56 Å². The maximum absolute atomic E-state index is 12.5. The fraction of sp³-hybridized carbons (Fsp3) is 0.520. The Balaban J connectivity index is 1.15. The van der Waals surface area contributed by atoms with E-state index in [0.717, 1.165) is 43.8 Å². The molecule has 5 nitrogen and oxygen atoms in total. The van der Waals surface area contributed by atoms with Gasteiger partial charge in [0.2, 0.25) is 5.88 Å². The Morgan fingerprint density at radius 2 is 1.83 bits per heavy atom. The first-order valence-electron chi connectivity index (χ1n) is 11.5. The van der Waals surface area contributed by atoms with Crippen molar-refractivity contribution in [1.82, 2.24) is 15.2 Å². The molecular weight excluding hydrogens is 374 g/mol. The predicted molar refractivity (Wildman–Crippen MR) is 117 cm³/mol. The van der Waals surface area contributed by atoms with Crippen molar-refractivity contribution >= 4 is 5.91 Å². The molecule has 2 aromatic rings. The van der Waals surface area contributed by atoms with Gasteiger partial charge in [-0.05, 0) is 67.7 Å². The summed E-state index contributed by atoms with van der Waals surface area (Å²) in [5.41, 5.74) is 4.65. The van der Waals surface area contributed by atoms with E-state index in [1.54, 1.807) is 18.3 Å². The number of carbonyl (C=O) groups is 1. The largest absolute Gasteiger partial charge is 0.474 e. The van der Waals surface area contributed by atoms with Crippen molar-refractivity contribution in [3.8, 4) is 5.88 Å². The number of fused-ring (bicyclic) bond motifs is 1. The summed E-state index contributed by atoms with van der Waals surface area (Å²) in [7, 11) is 0. The lowest BCUT2D eigenvalue weighted by Crippen LogP contribution is -2.41. The summed E-state index contributed by atoms with van der Waals surface area (Å²) < 4.78 is 5.76. The summed E-state index contributed by atoms with van der Waals surface area (Å²) in [4.78, 5) is 19.5. The molecule has 2 saturated carbocycles. The normalized spacial score (nSPS) is 19.9. The van der Waals surface area contributed by atoms with E-state index in [4.69, 9.17) is 4.74 Å². The van der Waals surface area contributed by atoms with Gasteiger partial charge < -0.3 is 10.1 Å². The van der Waals surface area contributed by atoms with Gasteiger partial charge in [-0.1, -0.05) is 24.6 Å². The van der Waals surface area contributed by atoms with Crippen LogP contribution in [0.1, 0.15) is 65.6 Å². The number of carbonyl (C=O) groups excluding carboxylic acids is 1. The Kier molecular flexibility index (Phi) is 5.71. The molecule has 158 valence electrons. The van der Waals surface area contributed by atoms with Gasteiger partial charge in [-0.25, -0.2) is 4.98 Å². The van der Waals surface area contributed by atoms with Gasteiger partial charge in [0.25, 0.3) is 5.91 Å². The minimum absolute atomic E-state index is 0.0937. The van der Waals surface area contributed by atoms with Crippen molar-refractivity contribution < 1.29 is 9.53 Å². The Bertz CT molecular complexity index is 888. The van der Waals surface area contributed by atoms with Gasteiger partial charge >= 0.3 is 0 Å². The molecule has 5 rings (SSSR count). The molecule has 0 radical (unpaired) electrons. The molecule has 0 atom stereocenters. The average Bonchev–Trinajstić information content (AvgIpc) is 2.90. The van der Waals surface area contributed by atoms with Crippen molar-refractivity contribution in [1.29, 1.82) is 0 Å². The summed E-state index contributed by atoms with van der Waals surface area (Å²) in [6.45, 7) is 2.88. The van der Waals surface area contributed by atoms with Gasteiger partial charge in [-0.2, -0.15) is 0 Å². The van der Waals surface area contributed by atoms with Crippen molar-refractivity contribution in [3.05, 3.63) is 58.8 Å². The van der Waals surface area contributed by atoms with Crippen LogP contribution in [-0.2, 0) is 19.4 Å². The standard InChI is InChI=1S/C25H31N3O2/c29-25(21-9-10-24(26-17-21)30-23-5-2-6-23)27-16-18-7-8-19-11-13-28(22-3-1-4-22)14-12-20(19)15-18/h7-10,15,17,22-23H,1-6,11-14,16H2,(H,27,29). The summed E-state index contributed by atoms with van der Waals surface area (Å²) in [5.74, 6) is 0.516. The number of nitrogens with zero attached hydrogens (tertiary/aromatic N) is 2. The number of hydrogen-bond acceptors (Lipinski definition) is 4. The number of nitrogens with one attached hydrogen (secondary N) is 1. The van der Waals surface area contributed by atoms with Gasteiger partial charge in [0, 0.05) is 37.9 Å². The van der Waals surface area contributed by atoms with Gasteiger partial charge in [-0.3, -0.25) is 9.69 Å². The van der Waals surface area contributed by atoms with E-state index < -0.39 is 0 Å². The molecular formula is C25H31N3O2. The third-order valence-electron chi connectivity index (χ3n) is 6.99. The molecule has 0 bridgehead atoms. The maximum atomic E-state index is 12.5. The maximum Gasteiger partial charge on any atom is 0.253 e. The number of aromatic nitrogens is 1. The van der Waals surface area contributed by atoms with Gasteiger partial charge in [0.15, 0.2) is 0 Å². The molecule has 30 heavy (non-hydrogen) atoms. The van der Waals surface area contributed by atoms with Crippen molar-refractivity contribution in [2.45, 2.75) is 70.1 Å². The van der Waals surface area contributed by atoms with Crippen LogP contribution in [0.5, 0.6) is 5.88 Å². The van der Waals surface area contributed by atoms with E-state index in [1.165, 1.54) is 43.4 Å². The number of pyridine rings is 1. The molecule has 1 amide bonds. The fourth-order valence-electron chi connectivity index (χ4n) is 4.55. The summed E-state index contributed by atoms with van der Waals surface area (Å²) in [6, 6.07) is 11.1. The molecule has 2 fully saturated rings. The topological polar surface area (TPSA) is 54.5 Å². The minimum Gasteiger partial charge on any atom is -0.474 e. The number of rotatable bonds is 6. The number of hydrogen-bond donors (Lipinski definition) is 1. The SMILES string of the molecule is O=C(NCc1ccc2c(c1)CCN(C1CCC1)CC2)c1ccc(OC2CCC2)nc1. The molecule has 0 unspecified atom stereocenters. The highest BCUT2D eigenvalue weighted by atomic mass is 16.5. The molecule has 5 heteroatoms. The number of benzene rings is 1. The second kappa shape index (κ2) is 8.76. The number of ether oxygens (including phenoxy) is 1. The highest BCUT2D eigenvalue weighted by Crippen LogP contribution is 2.28. The van der Waals surface area contributed by atoms with Crippen LogP contribution in [-0.4, -0.2) is 41.0 Å². The zero-order valence-corrected chi connectivity index (χ0v) is 17.6. The van der Waals surface area contributed by atoms with Crippen LogP contribution in [0.25, 0.3) is 0 Å². The van der Waals surface area contributed by atoms with Crippen molar-refractivity contribution in [2.75, 3.05) is 13.1 Å². The monoisotopic (exact) mass is 405 g/mol. The highest BCUT2D eigenvalue weighted by Gasteiger charge is 2.26. The van der Waals surface area contributed by atoms with Crippen molar-refractivity contribution in [2.24, 2.45) is 0 Å². The molecule has 1 aliphatic heterocycles. The third-order valence-corrected chi connectivity index (χ3v) is 6.99. The Morgan fingerprint density at radius 3 is 2.50 bits per heavy atom. The first kappa shape index (κ1) is 19.6. The van der Waals surface area contributed by atoms with Crippen LogP contribution >= 0.6 is 0 Å². The third kappa shape index (κ3) is 4.36. The zero-order valence-electron chi connectivity index (χ0n) is 17.6. The van der Waals surface area contributed by atoms with Crippen LogP contribution in [0.15, 0.2) is 36.5 Å². The van der Waals surface area contributed by atoms with Gasteiger partial charge in [0.1, 0.15) is 6.10 Å². The quantitative estimate of drug-likeness (QED) is 0.792. The smallest absolute Gasteiger partial charge is 0.253 e. The zero-order chi connectivity index (χ0) is 20.3. The molecule has 2 heterocycles. The van der Waals surface area contributed by atoms with E-state index in [1.807, 2.05) is 0 Å². The lowest BCUT2D eigenvalue weighted by Gasteiger charge is -2.36. The first-order chi connectivity index (χ1) is 14.7. The van der Waals surface area contributed by atoms with Crippen LogP contribution in [0, 0.1) is 0 Å². The lowest BCUT2D eigenvalue weighted by molar-refractivity contribution is 0.0949. The molecule has 1 N–H and O–H groups in total. The second-order valence-electron chi connectivity index (χ2n) is 8.96. The van der Waals surface area contributed by atoms with Crippen LogP contribution in [0.2, 0.25) is 0 Å². The van der Waals surface area contributed by atoms with Crippen molar-refractivity contribution in [3.63, 3.8) is 0 Å². The Morgan fingerprint density at radius 1 is 1.03 bits per heavy atom. The van der Waals surface area contributed by atoms with Crippen LogP contribution < -0.4 is 10.1 Å². The highest BCUT2D eigenvalue weighted by molar-refractivity contribution is 5.93. The summed E-state index contributed by atoms with van der Waals surface area (Å²) in [6.07, 6.45) is 11.7. The second-order valence-corrected chi connectivity index (χ2v) is 8.96. The predicted octanol–water partition coefficient (Wildman–Crippen LogP) is 3.90. The first-order valence-corrected chi connectivity index (χ1v) is 11.5. The average molecular weight is 406 g/mol. The Hall–Kier alpha value is -2.40. The van der Waals surface area contributed by atoms with Gasteiger partial charge in [-0.15, -0.1) is 0 Å². The molecule has 1 aromatic heterocycles. The van der Waals surface area contributed by atoms with E-state index in [-0.39, 0.29) is 5.91 Å². The number of amides is 1. The Labute approximate surface area is 178 Å². The van der Waals surface area contributed by atoms with E-state index in [2.05, 4.69) is 33.4 Å². The molecule has 0 saturated heterocycles. The van der Waals surface area contributed by atoms with E-state index in [0.29, 0.717) is 24.1 Å². The lowest BCUT2D eigenvalue weighted by atomic mass is 9.91. The molecule has 3 aliphatic rings. The van der Waals surface area contributed by atoms with E-state index >= 15 is 0 Å². The fourth-order valence-corrected chi connectivity index (χ4v) is 4.55. The molecule has 2 aliphatic carbocycles. The van der Waals surface area contributed by atoms with Crippen LogP contribution in [0.3, 0.4) is 0 Å². The summed E-state index contributed by atoms with van der Waals surface area (Å²) >= 11 is 0. The summed E-state index contributed by atoms with van der Waals surface area (Å²) in [5, 5.41) is 3.04. The molecule has 0 spiro atoms. The molecule has 1 aromatic carbocycles. The van der Waals surface area contributed by atoms with Crippen LogP contribution in [0.4, 0.5) is 0 Å². The minimum atomic E-state index is -0.0937. The van der Waals surface area contributed by atoms with E-state index in [9.17, 15) is 4.79 Å².